The molecule has 0 aliphatic rings. The van der Waals surface area contributed by atoms with Gasteiger partial charge in [0, 0.05) is 18.1 Å². The highest BCUT2D eigenvalue weighted by Crippen LogP contribution is 2.24. The number of nitrogens with two attached hydrogens (primary N) is 1. The standard InChI is InChI=1S/C12H13N5O2S2/c13-16-10-11(17-6-7-20-12(17)15-10)21(18,19)14-8-9-4-2-1-3-5-9/h1-7,14,16H,8,13H2. The third kappa shape index (κ3) is 2.63. The van der Waals surface area contributed by atoms with Gasteiger partial charge >= 0.3 is 0 Å². The highest BCUT2D eigenvalue weighted by molar-refractivity contribution is 7.89. The summed E-state index contributed by atoms with van der Waals surface area (Å²) in [5, 5.41) is 1.77. The molecule has 3 aromatic rings. The van der Waals surface area contributed by atoms with Crippen molar-refractivity contribution in [3.8, 4) is 0 Å². The molecule has 0 spiro atoms. The second-order valence-corrected chi connectivity index (χ2v) is 6.83. The van der Waals surface area contributed by atoms with Crippen LogP contribution < -0.4 is 16.0 Å². The lowest BCUT2D eigenvalue weighted by atomic mass is 10.2. The van der Waals surface area contributed by atoms with E-state index in [1.54, 1.807) is 11.6 Å². The van der Waals surface area contributed by atoms with Crippen LogP contribution in [0.25, 0.3) is 4.96 Å². The fraction of sp³-hybridized carbons (Fsp3) is 0.0833. The first-order valence-electron chi connectivity index (χ1n) is 6.07. The average Bonchev–Trinajstić information content (AvgIpc) is 3.06. The molecule has 9 heteroatoms. The Labute approximate surface area is 125 Å². The van der Waals surface area contributed by atoms with Gasteiger partial charge in [-0.05, 0) is 5.56 Å². The van der Waals surface area contributed by atoms with E-state index in [1.807, 2.05) is 30.3 Å². The number of anilines is 1. The van der Waals surface area contributed by atoms with E-state index in [0.717, 1.165) is 5.56 Å². The van der Waals surface area contributed by atoms with E-state index in [0.29, 0.717) is 4.96 Å². The predicted octanol–water partition coefficient (Wildman–Crippen LogP) is 1.16. The topological polar surface area (TPSA) is 102 Å². The van der Waals surface area contributed by atoms with Crippen molar-refractivity contribution in [3.05, 3.63) is 47.5 Å². The third-order valence-electron chi connectivity index (χ3n) is 2.92. The number of benzene rings is 1. The molecule has 1 aromatic carbocycles. The lowest BCUT2D eigenvalue weighted by Gasteiger charge is -2.07. The molecule has 110 valence electrons. The Morgan fingerprint density at radius 1 is 1.29 bits per heavy atom. The molecule has 0 aliphatic carbocycles. The van der Waals surface area contributed by atoms with Gasteiger partial charge in [0.2, 0.25) is 5.03 Å². The van der Waals surface area contributed by atoms with E-state index < -0.39 is 10.0 Å². The van der Waals surface area contributed by atoms with Crippen LogP contribution in [0, 0.1) is 0 Å². The predicted molar refractivity (Wildman–Crippen MR) is 81.3 cm³/mol. The van der Waals surface area contributed by atoms with Crippen molar-refractivity contribution >= 4 is 32.1 Å². The molecule has 0 bridgehead atoms. The number of nitrogens with one attached hydrogen (secondary N) is 2. The van der Waals surface area contributed by atoms with E-state index >= 15 is 0 Å². The molecule has 0 amide bonds. The van der Waals surface area contributed by atoms with Gasteiger partial charge in [0.05, 0.1) is 0 Å². The molecule has 0 saturated carbocycles. The molecule has 0 saturated heterocycles. The van der Waals surface area contributed by atoms with Gasteiger partial charge in [0.15, 0.2) is 10.8 Å². The zero-order valence-corrected chi connectivity index (χ0v) is 12.5. The first-order chi connectivity index (χ1) is 10.1. The van der Waals surface area contributed by atoms with E-state index in [1.165, 1.54) is 15.7 Å². The Hall–Kier alpha value is -1.94. The maximum atomic E-state index is 12.5. The summed E-state index contributed by atoms with van der Waals surface area (Å²) in [6, 6.07) is 9.28. The van der Waals surface area contributed by atoms with Crippen LogP contribution in [0.1, 0.15) is 5.56 Å². The quantitative estimate of drug-likeness (QED) is 0.483. The van der Waals surface area contributed by atoms with Crippen LogP contribution in [-0.4, -0.2) is 17.8 Å². The third-order valence-corrected chi connectivity index (χ3v) is 5.10. The van der Waals surface area contributed by atoms with Crippen molar-refractivity contribution in [2.24, 2.45) is 5.84 Å². The number of sulfonamides is 1. The van der Waals surface area contributed by atoms with E-state index in [9.17, 15) is 8.42 Å². The van der Waals surface area contributed by atoms with Crippen LogP contribution in [0.2, 0.25) is 0 Å². The zero-order chi connectivity index (χ0) is 14.9. The summed E-state index contributed by atoms with van der Waals surface area (Å²) in [7, 11) is -3.74. The van der Waals surface area contributed by atoms with Crippen LogP contribution in [0.4, 0.5) is 5.82 Å². The van der Waals surface area contributed by atoms with Crippen molar-refractivity contribution in [2.75, 3.05) is 5.43 Å². The SMILES string of the molecule is NNc1nc2sccn2c1S(=O)(=O)NCc1ccccc1. The van der Waals surface area contributed by atoms with Crippen LogP contribution >= 0.6 is 11.3 Å². The number of rotatable bonds is 5. The van der Waals surface area contributed by atoms with Crippen molar-refractivity contribution in [1.82, 2.24) is 14.1 Å². The fourth-order valence-electron chi connectivity index (χ4n) is 1.96. The van der Waals surface area contributed by atoms with Crippen molar-refractivity contribution in [1.29, 1.82) is 0 Å². The summed E-state index contributed by atoms with van der Waals surface area (Å²) >= 11 is 1.33. The Morgan fingerprint density at radius 2 is 2.05 bits per heavy atom. The molecule has 7 nitrogen and oxygen atoms in total. The molecule has 0 atom stereocenters. The van der Waals surface area contributed by atoms with Crippen molar-refractivity contribution in [2.45, 2.75) is 11.6 Å². The molecule has 4 N–H and O–H groups in total. The molecular formula is C12H13N5O2S2. The van der Waals surface area contributed by atoms with Gasteiger partial charge in [0.1, 0.15) is 0 Å². The van der Waals surface area contributed by atoms with Crippen LogP contribution in [0.15, 0.2) is 46.9 Å². The smallest absolute Gasteiger partial charge is 0.260 e. The number of imidazole rings is 1. The number of hydrazine groups is 1. The number of fused-ring (bicyclic) bond motifs is 1. The summed E-state index contributed by atoms with van der Waals surface area (Å²) in [4.78, 5) is 4.70. The van der Waals surface area contributed by atoms with Gasteiger partial charge < -0.3 is 5.43 Å². The van der Waals surface area contributed by atoms with Crippen LogP contribution in [0.3, 0.4) is 0 Å². The second kappa shape index (κ2) is 5.45. The van der Waals surface area contributed by atoms with Gasteiger partial charge in [-0.15, -0.1) is 11.3 Å². The molecule has 0 radical (unpaired) electrons. The summed E-state index contributed by atoms with van der Waals surface area (Å²) in [6.07, 6.45) is 1.64. The van der Waals surface area contributed by atoms with Gasteiger partial charge in [-0.3, -0.25) is 4.40 Å². The Balaban J connectivity index is 1.94. The largest absolute Gasteiger partial charge is 0.306 e. The molecule has 0 fully saturated rings. The van der Waals surface area contributed by atoms with Crippen LogP contribution in [0.5, 0.6) is 0 Å². The Kier molecular flexibility index (Phi) is 3.64. The highest BCUT2D eigenvalue weighted by atomic mass is 32.2. The monoisotopic (exact) mass is 323 g/mol. The lowest BCUT2D eigenvalue weighted by Crippen LogP contribution is -2.26. The normalized spacial score (nSPS) is 11.9. The summed E-state index contributed by atoms with van der Waals surface area (Å²) in [5.41, 5.74) is 3.20. The van der Waals surface area contributed by atoms with E-state index in [4.69, 9.17) is 5.84 Å². The van der Waals surface area contributed by atoms with Gasteiger partial charge in [0.25, 0.3) is 10.0 Å². The number of nitrogens with zero attached hydrogens (tertiary/aromatic N) is 2. The van der Waals surface area contributed by atoms with Gasteiger partial charge in [-0.25, -0.2) is 19.0 Å². The summed E-state index contributed by atoms with van der Waals surface area (Å²) in [6.45, 7) is 0.199. The summed E-state index contributed by atoms with van der Waals surface area (Å²) < 4.78 is 29.0. The molecule has 3 rings (SSSR count). The van der Waals surface area contributed by atoms with Crippen LogP contribution in [-0.2, 0) is 16.6 Å². The zero-order valence-electron chi connectivity index (χ0n) is 10.9. The summed E-state index contributed by atoms with van der Waals surface area (Å²) in [5.74, 6) is 5.49. The number of thiazole rings is 1. The lowest BCUT2D eigenvalue weighted by molar-refractivity contribution is 0.577. The number of hydrogen-bond donors (Lipinski definition) is 3. The Bertz CT molecular complexity index is 854. The van der Waals surface area contributed by atoms with Gasteiger partial charge in [-0.1, -0.05) is 30.3 Å². The average molecular weight is 323 g/mol. The fourth-order valence-corrected chi connectivity index (χ4v) is 3.99. The number of aromatic nitrogens is 2. The molecule has 0 unspecified atom stereocenters. The van der Waals surface area contributed by atoms with E-state index in [-0.39, 0.29) is 17.4 Å². The first kappa shape index (κ1) is 14.0. The van der Waals surface area contributed by atoms with Gasteiger partial charge in [-0.2, -0.15) is 4.98 Å². The second-order valence-electron chi connectivity index (χ2n) is 4.28. The number of hydrogen-bond acceptors (Lipinski definition) is 6. The van der Waals surface area contributed by atoms with Crippen molar-refractivity contribution < 1.29 is 8.42 Å². The maximum absolute atomic E-state index is 12.5. The number of nitrogen functional groups attached to an aromatic ring is 1. The highest BCUT2D eigenvalue weighted by Gasteiger charge is 2.25. The van der Waals surface area contributed by atoms with E-state index in [2.05, 4.69) is 15.1 Å². The molecule has 21 heavy (non-hydrogen) atoms. The molecule has 2 heterocycles. The minimum Gasteiger partial charge on any atom is -0.306 e. The molecular weight excluding hydrogens is 310 g/mol. The maximum Gasteiger partial charge on any atom is 0.260 e. The molecule has 2 aromatic heterocycles. The first-order valence-corrected chi connectivity index (χ1v) is 8.44. The van der Waals surface area contributed by atoms with Crippen molar-refractivity contribution in [3.63, 3.8) is 0 Å². The Morgan fingerprint density at radius 3 is 2.76 bits per heavy atom. The minimum atomic E-state index is -3.74. The minimum absolute atomic E-state index is 0.0113. The molecule has 0 aliphatic heterocycles.